The second kappa shape index (κ2) is 4.68. The molecule has 0 saturated carbocycles. The van der Waals surface area contributed by atoms with E-state index in [2.05, 4.69) is 20.4 Å². The van der Waals surface area contributed by atoms with Crippen molar-refractivity contribution in [3.8, 4) is 11.7 Å². The van der Waals surface area contributed by atoms with Crippen LogP contribution in [0.15, 0.2) is 27.3 Å². The zero-order chi connectivity index (χ0) is 11.5. The smallest absolute Gasteiger partial charge is 0.293 e. The van der Waals surface area contributed by atoms with Gasteiger partial charge in [-0.1, -0.05) is 5.16 Å². The lowest BCUT2D eigenvalue weighted by Gasteiger charge is -2.25. The summed E-state index contributed by atoms with van der Waals surface area (Å²) in [6.07, 6.45) is 1.59. The molecule has 6 nitrogen and oxygen atoms in total. The van der Waals surface area contributed by atoms with E-state index in [4.69, 9.17) is 8.94 Å². The average Bonchev–Trinajstić information content (AvgIpc) is 3.00. The van der Waals surface area contributed by atoms with Gasteiger partial charge in [0.05, 0.1) is 12.8 Å². The van der Waals surface area contributed by atoms with Gasteiger partial charge in [0.15, 0.2) is 11.6 Å². The van der Waals surface area contributed by atoms with E-state index in [0.717, 1.165) is 32.7 Å². The van der Waals surface area contributed by atoms with Crippen LogP contribution in [-0.2, 0) is 6.54 Å². The highest BCUT2D eigenvalue weighted by Gasteiger charge is 2.15. The maximum Gasteiger partial charge on any atom is 0.293 e. The summed E-state index contributed by atoms with van der Waals surface area (Å²) < 4.78 is 10.4. The van der Waals surface area contributed by atoms with Gasteiger partial charge >= 0.3 is 0 Å². The van der Waals surface area contributed by atoms with Crippen LogP contribution in [0.3, 0.4) is 0 Å². The fraction of sp³-hybridized carbons (Fsp3) is 0.455. The van der Waals surface area contributed by atoms with Crippen molar-refractivity contribution in [3.05, 3.63) is 24.2 Å². The van der Waals surface area contributed by atoms with Crippen LogP contribution in [0.5, 0.6) is 0 Å². The van der Waals surface area contributed by atoms with E-state index >= 15 is 0 Å². The molecule has 1 N–H and O–H groups in total. The second-order valence-corrected chi connectivity index (χ2v) is 4.02. The van der Waals surface area contributed by atoms with Crippen molar-refractivity contribution in [3.63, 3.8) is 0 Å². The lowest BCUT2D eigenvalue weighted by Crippen LogP contribution is -2.43. The Hall–Kier alpha value is -1.66. The number of hydrogen-bond acceptors (Lipinski definition) is 6. The van der Waals surface area contributed by atoms with Crippen molar-refractivity contribution >= 4 is 0 Å². The zero-order valence-corrected chi connectivity index (χ0v) is 9.43. The number of furan rings is 1. The summed E-state index contributed by atoms with van der Waals surface area (Å²) in [6.45, 7) is 4.80. The van der Waals surface area contributed by atoms with Crippen LogP contribution in [0.2, 0.25) is 0 Å². The normalized spacial score (nSPS) is 17.4. The summed E-state index contributed by atoms with van der Waals surface area (Å²) in [6, 6.07) is 3.61. The molecule has 1 aliphatic rings. The number of nitrogens with one attached hydrogen (secondary N) is 1. The van der Waals surface area contributed by atoms with E-state index in [0.29, 0.717) is 17.5 Å². The third kappa shape index (κ3) is 2.37. The molecule has 0 aliphatic carbocycles. The molecule has 0 unspecified atom stereocenters. The van der Waals surface area contributed by atoms with Crippen LogP contribution >= 0.6 is 0 Å². The van der Waals surface area contributed by atoms with E-state index < -0.39 is 0 Å². The van der Waals surface area contributed by atoms with E-state index in [-0.39, 0.29) is 0 Å². The molecule has 1 aliphatic heterocycles. The lowest BCUT2D eigenvalue weighted by atomic mass is 10.3. The molecule has 0 spiro atoms. The first kappa shape index (κ1) is 10.5. The summed E-state index contributed by atoms with van der Waals surface area (Å²) in [4.78, 5) is 6.61. The first-order valence-electron chi connectivity index (χ1n) is 5.71. The molecule has 2 aromatic heterocycles. The Kier molecular flexibility index (Phi) is 2.89. The van der Waals surface area contributed by atoms with Gasteiger partial charge < -0.3 is 14.3 Å². The molecular weight excluding hydrogens is 220 g/mol. The Morgan fingerprint density at radius 3 is 3.00 bits per heavy atom. The van der Waals surface area contributed by atoms with Crippen LogP contribution in [-0.4, -0.2) is 41.2 Å². The van der Waals surface area contributed by atoms with Gasteiger partial charge in [-0.2, -0.15) is 4.98 Å². The van der Waals surface area contributed by atoms with E-state index in [1.165, 1.54) is 0 Å². The molecule has 1 fully saturated rings. The molecule has 3 heterocycles. The van der Waals surface area contributed by atoms with Crippen LogP contribution in [0, 0.1) is 0 Å². The van der Waals surface area contributed by atoms with Crippen molar-refractivity contribution in [1.29, 1.82) is 0 Å². The molecule has 0 bridgehead atoms. The summed E-state index contributed by atoms with van der Waals surface area (Å²) in [7, 11) is 0. The van der Waals surface area contributed by atoms with Gasteiger partial charge in [0, 0.05) is 26.2 Å². The maximum absolute atomic E-state index is 5.20. The molecule has 6 heteroatoms. The highest BCUT2D eigenvalue weighted by atomic mass is 16.5. The Labute approximate surface area is 98.6 Å². The molecule has 0 radical (unpaired) electrons. The molecular formula is C11H14N4O2. The topological polar surface area (TPSA) is 67.3 Å². The van der Waals surface area contributed by atoms with Gasteiger partial charge in [-0.15, -0.1) is 0 Å². The average molecular weight is 234 g/mol. The fourth-order valence-electron chi connectivity index (χ4n) is 1.89. The number of aromatic nitrogens is 2. The summed E-state index contributed by atoms with van der Waals surface area (Å²) in [5.74, 6) is 1.77. The predicted octanol–water partition coefficient (Wildman–Crippen LogP) is 0.735. The molecule has 3 rings (SSSR count). The molecule has 2 aromatic rings. The van der Waals surface area contributed by atoms with Crippen LogP contribution in [0.1, 0.15) is 5.82 Å². The largest absolute Gasteiger partial charge is 0.459 e. The van der Waals surface area contributed by atoms with Crippen LogP contribution < -0.4 is 5.32 Å². The molecule has 90 valence electrons. The molecule has 0 amide bonds. The van der Waals surface area contributed by atoms with Gasteiger partial charge in [0.2, 0.25) is 0 Å². The third-order valence-corrected chi connectivity index (χ3v) is 2.77. The van der Waals surface area contributed by atoms with E-state index in [1.54, 1.807) is 12.3 Å². The van der Waals surface area contributed by atoms with Crippen molar-refractivity contribution in [2.45, 2.75) is 6.54 Å². The fourth-order valence-corrected chi connectivity index (χ4v) is 1.89. The Morgan fingerprint density at radius 2 is 2.24 bits per heavy atom. The standard InChI is InChI=1S/C11H14N4O2/c1-2-9(16-7-1)11-13-10(14-17-11)8-15-5-3-12-4-6-15/h1-2,7,12H,3-6,8H2. The SMILES string of the molecule is c1coc(-c2nc(CN3CCNCC3)no2)c1. The Morgan fingerprint density at radius 1 is 1.35 bits per heavy atom. The number of piperazine rings is 1. The number of nitrogens with zero attached hydrogens (tertiary/aromatic N) is 3. The van der Waals surface area contributed by atoms with Crippen LogP contribution in [0.4, 0.5) is 0 Å². The second-order valence-electron chi connectivity index (χ2n) is 4.02. The first-order chi connectivity index (χ1) is 8.42. The predicted molar refractivity (Wildman–Crippen MR) is 60.1 cm³/mol. The summed E-state index contributed by atoms with van der Waals surface area (Å²) in [5.41, 5.74) is 0. The first-order valence-corrected chi connectivity index (χ1v) is 5.71. The molecule has 17 heavy (non-hydrogen) atoms. The number of rotatable bonds is 3. The maximum atomic E-state index is 5.20. The minimum absolute atomic E-state index is 0.445. The van der Waals surface area contributed by atoms with Gasteiger partial charge in [0.25, 0.3) is 5.89 Å². The number of hydrogen-bond donors (Lipinski definition) is 1. The summed E-state index contributed by atoms with van der Waals surface area (Å²) in [5, 5.41) is 7.27. The van der Waals surface area contributed by atoms with Crippen LogP contribution in [0.25, 0.3) is 11.7 Å². The van der Waals surface area contributed by atoms with E-state index in [1.807, 2.05) is 6.07 Å². The monoisotopic (exact) mass is 234 g/mol. The molecule has 0 aromatic carbocycles. The highest BCUT2D eigenvalue weighted by molar-refractivity contribution is 5.42. The van der Waals surface area contributed by atoms with Crippen molar-refractivity contribution < 1.29 is 8.94 Å². The van der Waals surface area contributed by atoms with Crippen molar-refractivity contribution in [2.24, 2.45) is 0 Å². The molecule has 1 saturated heterocycles. The summed E-state index contributed by atoms with van der Waals surface area (Å²) >= 11 is 0. The van der Waals surface area contributed by atoms with Crippen molar-refractivity contribution in [1.82, 2.24) is 20.4 Å². The van der Waals surface area contributed by atoms with Gasteiger partial charge in [-0.3, -0.25) is 4.90 Å². The van der Waals surface area contributed by atoms with Gasteiger partial charge in [-0.05, 0) is 12.1 Å². The van der Waals surface area contributed by atoms with Gasteiger partial charge in [0.1, 0.15) is 0 Å². The Balaban J connectivity index is 1.68. The minimum Gasteiger partial charge on any atom is -0.459 e. The molecule has 0 atom stereocenters. The lowest BCUT2D eigenvalue weighted by molar-refractivity contribution is 0.225. The quantitative estimate of drug-likeness (QED) is 0.844. The van der Waals surface area contributed by atoms with E-state index in [9.17, 15) is 0 Å². The Bertz CT molecular complexity index is 460. The highest BCUT2D eigenvalue weighted by Crippen LogP contribution is 2.17. The minimum atomic E-state index is 0.445. The zero-order valence-electron chi connectivity index (χ0n) is 9.43. The van der Waals surface area contributed by atoms with Crippen molar-refractivity contribution in [2.75, 3.05) is 26.2 Å². The van der Waals surface area contributed by atoms with Gasteiger partial charge in [-0.25, -0.2) is 0 Å². The third-order valence-electron chi connectivity index (χ3n) is 2.77.